The number of nitrogens with zero attached hydrogens (tertiary/aromatic N) is 2. The van der Waals surface area contributed by atoms with Gasteiger partial charge < -0.3 is 10.6 Å². The fourth-order valence-corrected chi connectivity index (χ4v) is 1.45. The topological polar surface area (TPSA) is 111 Å². The van der Waals surface area contributed by atoms with E-state index in [9.17, 15) is 9.59 Å². The first-order valence-corrected chi connectivity index (χ1v) is 5.71. The lowest BCUT2D eigenvalue weighted by Crippen LogP contribution is -2.26. The summed E-state index contributed by atoms with van der Waals surface area (Å²) < 4.78 is 0. The lowest BCUT2D eigenvalue weighted by atomic mass is 10.3. The number of aromatic amines is 1. The number of rotatable bonds is 5. The third-order valence-corrected chi connectivity index (χ3v) is 2.59. The SMILES string of the molecule is N#CCCNC(=O)c1[nH]ncc1NC(=O)C1CC1. The smallest absolute Gasteiger partial charge is 0.271 e. The predicted molar refractivity (Wildman–Crippen MR) is 62.5 cm³/mol. The van der Waals surface area contributed by atoms with E-state index in [0.717, 1.165) is 12.8 Å². The van der Waals surface area contributed by atoms with Gasteiger partial charge in [0.15, 0.2) is 0 Å². The van der Waals surface area contributed by atoms with Gasteiger partial charge in [-0.15, -0.1) is 0 Å². The van der Waals surface area contributed by atoms with Crippen LogP contribution < -0.4 is 10.6 Å². The van der Waals surface area contributed by atoms with E-state index < -0.39 is 0 Å². The van der Waals surface area contributed by atoms with Crippen LogP contribution in [0.2, 0.25) is 0 Å². The van der Waals surface area contributed by atoms with E-state index in [4.69, 9.17) is 5.26 Å². The maximum absolute atomic E-state index is 11.7. The van der Waals surface area contributed by atoms with Crippen molar-refractivity contribution in [1.82, 2.24) is 15.5 Å². The summed E-state index contributed by atoms with van der Waals surface area (Å²) in [6, 6.07) is 1.93. The van der Waals surface area contributed by atoms with Crippen molar-refractivity contribution in [3.05, 3.63) is 11.9 Å². The number of nitriles is 1. The molecule has 0 unspecified atom stereocenters. The second-order valence-electron chi connectivity index (χ2n) is 4.09. The molecule has 1 aromatic heterocycles. The van der Waals surface area contributed by atoms with Crippen LogP contribution in [0.3, 0.4) is 0 Å². The van der Waals surface area contributed by atoms with Crippen LogP contribution in [0.15, 0.2) is 6.20 Å². The van der Waals surface area contributed by atoms with Crippen LogP contribution in [0.4, 0.5) is 5.69 Å². The molecule has 7 nitrogen and oxygen atoms in total. The summed E-state index contributed by atoms with van der Waals surface area (Å²) in [6.07, 6.45) is 3.43. The highest BCUT2D eigenvalue weighted by molar-refractivity contribution is 6.03. The van der Waals surface area contributed by atoms with Gasteiger partial charge in [-0.2, -0.15) is 10.4 Å². The number of aromatic nitrogens is 2. The molecule has 0 aliphatic heterocycles. The number of hydrogen-bond acceptors (Lipinski definition) is 4. The summed E-state index contributed by atoms with van der Waals surface area (Å²) in [7, 11) is 0. The van der Waals surface area contributed by atoms with Crippen molar-refractivity contribution in [3.8, 4) is 6.07 Å². The van der Waals surface area contributed by atoms with Gasteiger partial charge in [-0.05, 0) is 12.8 Å². The van der Waals surface area contributed by atoms with Gasteiger partial charge in [0.25, 0.3) is 5.91 Å². The molecular weight excluding hydrogens is 234 g/mol. The highest BCUT2D eigenvalue weighted by Crippen LogP contribution is 2.30. The van der Waals surface area contributed by atoms with Gasteiger partial charge in [-0.25, -0.2) is 0 Å². The number of carbonyl (C=O) groups is 2. The van der Waals surface area contributed by atoms with Gasteiger partial charge in [-0.3, -0.25) is 14.7 Å². The molecule has 1 aliphatic carbocycles. The molecule has 18 heavy (non-hydrogen) atoms. The minimum atomic E-state index is -0.381. The standard InChI is InChI=1S/C11H13N5O2/c12-4-1-5-13-11(18)9-8(6-14-16-9)15-10(17)7-2-3-7/h6-7H,1-3,5H2,(H,13,18)(H,14,16)(H,15,17). The number of amides is 2. The monoisotopic (exact) mass is 247 g/mol. The summed E-state index contributed by atoms with van der Waals surface area (Å²) >= 11 is 0. The zero-order valence-corrected chi connectivity index (χ0v) is 9.69. The number of carbonyl (C=O) groups excluding carboxylic acids is 2. The molecule has 0 bridgehead atoms. The van der Waals surface area contributed by atoms with Gasteiger partial charge in [0.05, 0.1) is 24.4 Å². The van der Waals surface area contributed by atoms with E-state index in [-0.39, 0.29) is 36.4 Å². The Balaban J connectivity index is 1.96. The Morgan fingerprint density at radius 2 is 2.33 bits per heavy atom. The van der Waals surface area contributed by atoms with Crippen LogP contribution in [0.25, 0.3) is 0 Å². The van der Waals surface area contributed by atoms with Gasteiger partial charge in [0.2, 0.25) is 5.91 Å². The Hall–Kier alpha value is -2.36. The molecule has 2 rings (SSSR count). The summed E-state index contributed by atoms with van der Waals surface area (Å²) in [6.45, 7) is 0.268. The number of hydrogen-bond donors (Lipinski definition) is 3. The second kappa shape index (κ2) is 5.31. The Labute approximate surface area is 104 Å². The molecule has 2 amide bonds. The molecule has 1 saturated carbocycles. The minimum absolute atomic E-state index is 0.0643. The van der Waals surface area contributed by atoms with E-state index in [2.05, 4.69) is 20.8 Å². The molecule has 0 atom stereocenters. The Morgan fingerprint density at radius 3 is 3.00 bits per heavy atom. The van der Waals surface area contributed by atoms with Crippen molar-refractivity contribution in [2.75, 3.05) is 11.9 Å². The summed E-state index contributed by atoms with van der Waals surface area (Å²) in [5.74, 6) is -0.397. The average Bonchev–Trinajstić information content (AvgIpc) is 3.11. The Kier molecular flexibility index (Phi) is 3.57. The molecule has 0 spiro atoms. The summed E-state index contributed by atoms with van der Waals surface area (Å²) in [5.41, 5.74) is 0.586. The minimum Gasteiger partial charge on any atom is -0.350 e. The zero-order valence-electron chi connectivity index (χ0n) is 9.69. The molecule has 0 saturated heterocycles. The quantitative estimate of drug-likeness (QED) is 0.654. The molecule has 0 radical (unpaired) electrons. The second-order valence-corrected chi connectivity index (χ2v) is 4.09. The molecule has 3 N–H and O–H groups in total. The first-order valence-electron chi connectivity index (χ1n) is 5.71. The van der Waals surface area contributed by atoms with Crippen molar-refractivity contribution in [3.63, 3.8) is 0 Å². The maximum Gasteiger partial charge on any atom is 0.271 e. The molecule has 1 heterocycles. The van der Waals surface area contributed by atoms with Crippen LogP contribution in [-0.4, -0.2) is 28.6 Å². The van der Waals surface area contributed by atoms with E-state index in [1.165, 1.54) is 6.20 Å². The lowest BCUT2D eigenvalue weighted by Gasteiger charge is -2.05. The van der Waals surface area contributed by atoms with E-state index in [1.807, 2.05) is 6.07 Å². The van der Waals surface area contributed by atoms with Gasteiger partial charge in [-0.1, -0.05) is 0 Å². The van der Waals surface area contributed by atoms with E-state index >= 15 is 0 Å². The predicted octanol–water partition coefficient (Wildman–Crippen LogP) is 0.402. The van der Waals surface area contributed by atoms with Gasteiger partial charge >= 0.3 is 0 Å². The first kappa shape index (κ1) is 12.1. The van der Waals surface area contributed by atoms with Crippen molar-refractivity contribution >= 4 is 17.5 Å². The lowest BCUT2D eigenvalue weighted by molar-refractivity contribution is -0.117. The third-order valence-electron chi connectivity index (χ3n) is 2.59. The van der Waals surface area contributed by atoms with Crippen molar-refractivity contribution in [2.45, 2.75) is 19.3 Å². The average molecular weight is 247 g/mol. The summed E-state index contributed by atoms with van der Waals surface area (Å²) in [4.78, 5) is 23.3. The number of nitrogens with one attached hydrogen (secondary N) is 3. The summed E-state index contributed by atoms with van der Waals surface area (Å²) in [5, 5.41) is 19.9. The highest BCUT2D eigenvalue weighted by atomic mass is 16.2. The van der Waals surface area contributed by atoms with Crippen LogP contribution >= 0.6 is 0 Å². The van der Waals surface area contributed by atoms with E-state index in [0.29, 0.717) is 5.69 Å². The fourth-order valence-electron chi connectivity index (χ4n) is 1.45. The number of anilines is 1. The Bertz CT molecular complexity index is 498. The number of H-pyrrole nitrogens is 1. The fraction of sp³-hybridized carbons (Fsp3) is 0.455. The van der Waals surface area contributed by atoms with Gasteiger partial charge in [0, 0.05) is 12.5 Å². The Morgan fingerprint density at radius 1 is 1.56 bits per heavy atom. The third kappa shape index (κ3) is 2.85. The van der Waals surface area contributed by atoms with Crippen LogP contribution in [0, 0.1) is 17.2 Å². The molecule has 94 valence electrons. The molecule has 0 aromatic carbocycles. The molecular formula is C11H13N5O2. The highest BCUT2D eigenvalue weighted by Gasteiger charge is 2.30. The van der Waals surface area contributed by atoms with E-state index in [1.54, 1.807) is 0 Å². The largest absolute Gasteiger partial charge is 0.350 e. The molecule has 7 heteroatoms. The van der Waals surface area contributed by atoms with Crippen molar-refractivity contribution in [2.24, 2.45) is 5.92 Å². The van der Waals surface area contributed by atoms with Gasteiger partial charge in [0.1, 0.15) is 5.69 Å². The normalized spacial score (nSPS) is 13.7. The molecule has 1 aromatic rings. The molecule has 1 aliphatic rings. The zero-order chi connectivity index (χ0) is 13.0. The van der Waals surface area contributed by atoms with Crippen molar-refractivity contribution in [1.29, 1.82) is 5.26 Å². The van der Waals surface area contributed by atoms with Crippen molar-refractivity contribution < 1.29 is 9.59 Å². The molecule has 1 fully saturated rings. The van der Waals surface area contributed by atoms with Crippen LogP contribution in [-0.2, 0) is 4.79 Å². The van der Waals surface area contributed by atoms with Crippen LogP contribution in [0.1, 0.15) is 29.8 Å². The maximum atomic E-state index is 11.7. The van der Waals surface area contributed by atoms with Crippen LogP contribution in [0.5, 0.6) is 0 Å². The first-order chi connectivity index (χ1) is 8.72.